The van der Waals surface area contributed by atoms with Gasteiger partial charge in [0.15, 0.2) is 0 Å². The molecular formula is C16H25N7O7. The molecule has 166 valence electrons. The fourth-order valence-electron chi connectivity index (χ4n) is 2.26. The van der Waals surface area contributed by atoms with Crippen molar-refractivity contribution in [3.8, 4) is 0 Å². The molecule has 0 spiro atoms. The topological polar surface area (TPSA) is 243 Å². The van der Waals surface area contributed by atoms with E-state index in [1.165, 1.54) is 19.4 Å². The van der Waals surface area contributed by atoms with Crippen LogP contribution in [0.2, 0.25) is 0 Å². The molecule has 0 aliphatic rings. The highest BCUT2D eigenvalue weighted by atomic mass is 16.4. The number of primary amides is 1. The number of nitrogens with one attached hydrogen (secondary N) is 4. The normalized spacial score (nSPS) is 14.6. The van der Waals surface area contributed by atoms with E-state index in [9.17, 15) is 29.1 Å². The molecule has 4 unspecified atom stereocenters. The molecule has 0 aliphatic carbocycles. The fraction of sp³-hybridized carbons (Fsp3) is 0.500. The molecule has 10 N–H and O–H groups in total. The van der Waals surface area contributed by atoms with Gasteiger partial charge in [-0.15, -0.1) is 0 Å². The molecule has 0 bridgehead atoms. The number of nitrogens with two attached hydrogens (primary N) is 2. The number of rotatable bonds is 12. The fourth-order valence-corrected chi connectivity index (χ4v) is 2.26. The van der Waals surface area contributed by atoms with Crippen LogP contribution in [0.25, 0.3) is 0 Å². The first-order chi connectivity index (χ1) is 14.0. The van der Waals surface area contributed by atoms with Gasteiger partial charge in [0.2, 0.25) is 23.6 Å². The van der Waals surface area contributed by atoms with E-state index < -0.39 is 66.8 Å². The highest BCUT2D eigenvalue weighted by molar-refractivity contribution is 5.95. The molecule has 1 heterocycles. The van der Waals surface area contributed by atoms with Gasteiger partial charge in [-0.25, -0.2) is 9.78 Å². The summed E-state index contributed by atoms with van der Waals surface area (Å²) < 4.78 is 0. The number of aliphatic hydroxyl groups excluding tert-OH is 1. The Kier molecular flexibility index (Phi) is 9.38. The molecular weight excluding hydrogens is 402 g/mol. The lowest BCUT2D eigenvalue weighted by Crippen LogP contribution is -2.57. The van der Waals surface area contributed by atoms with Gasteiger partial charge >= 0.3 is 5.97 Å². The number of aromatic amines is 1. The Hall–Kier alpha value is -3.52. The van der Waals surface area contributed by atoms with Crippen LogP contribution < -0.4 is 27.4 Å². The first-order valence-electron chi connectivity index (χ1n) is 8.81. The standard InChI is InChI=1S/C16H25N7O7/c1-7(21-14(27)9(17)5-24)13(26)22-10(3-12(18)25)15(28)23-11(16(29)30)2-8-4-19-6-20-8/h4,6-7,9-11,24H,2-3,5,17H2,1H3,(H2,18,25)(H,19,20)(H,21,27)(H,22,26)(H,23,28)(H,29,30). The Labute approximate surface area is 170 Å². The van der Waals surface area contributed by atoms with Gasteiger partial charge in [0.25, 0.3) is 0 Å². The number of aliphatic carboxylic acids is 1. The van der Waals surface area contributed by atoms with Crippen LogP contribution in [-0.4, -0.2) is 80.6 Å². The largest absolute Gasteiger partial charge is 0.480 e. The van der Waals surface area contributed by atoms with Crippen molar-refractivity contribution in [1.82, 2.24) is 25.9 Å². The summed E-state index contributed by atoms with van der Waals surface area (Å²) in [5.74, 6) is -4.88. The van der Waals surface area contributed by atoms with Crippen molar-refractivity contribution in [2.24, 2.45) is 11.5 Å². The Morgan fingerprint density at radius 1 is 1.10 bits per heavy atom. The highest BCUT2D eigenvalue weighted by Gasteiger charge is 2.30. The summed E-state index contributed by atoms with van der Waals surface area (Å²) in [6, 6.07) is -5.27. The molecule has 1 aromatic rings. The van der Waals surface area contributed by atoms with Crippen LogP contribution in [0.15, 0.2) is 12.5 Å². The van der Waals surface area contributed by atoms with E-state index in [-0.39, 0.29) is 6.42 Å². The predicted octanol–water partition coefficient (Wildman–Crippen LogP) is -4.29. The van der Waals surface area contributed by atoms with Crippen LogP contribution >= 0.6 is 0 Å². The summed E-state index contributed by atoms with van der Waals surface area (Å²) in [5.41, 5.74) is 10.9. The van der Waals surface area contributed by atoms with E-state index in [1.54, 1.807) is 0 Å². The third-order valence-corrected chi connectivity index (χ3v) is 3.92. The molecule has 0 aliphatic heterocycles. The van der Waals surface area contributed by atoms with E-state index in [1.807, 2.05) is 0 Å². The Morgan fingerprint density at radius 3 is 2.23 bits per heavy atom. The Morgan fingerprint density at radius 2 is 1.73 bits per heavy atom. The molecule has 0 aromatic carbocycles. The van der Waals surface area contributed by atoms with Gasteiger partial charge in [0.1, 0.15) is 24.2 Å². The third-order valence-electron chi connectivity index (χ3n) is 3.92. The SMILES string of the molecule is CC(NC(=O)C(N)CO)C(=O)NC(CC(N)=O)C(=O)NC(Cc1cnc[nH]1)C(=O)O. The second-order valence-electron chi connectivity index (χ2n) is 6.43. The average Bonchev–Trinajstić information content (AvgIpc) is 3.18. The van der Waals surface area contributed by atoms with Crippen LogP contribution in [0.1, 0.15) is 19.0 Å². The van der Waals surface area contributed by atoms with Gasteiger partial charge in [0.05, 0.1) is 19.4 Å². The number of hydrogen-bond acceptors (Lipinski definition) is 8. The summed E-state index contributed by atoms with van der Waals surface area (Å²) in [5, 5.41) is 24.9. The zero-order chi connectivity index (χ0) is 22.8. The van der Waals surface area contributed by atoms with Crippen LogP contribution in [0, 0.1) is 0 Å². The van der Waals surface area contributed by atoms with E-state index >= 15 is 0 Å². The van der Waals surface area contributed by atoms with Crippen molar-refractivity contribution in [3.05, 3.63) is 18.2 Å². The van der Waals surface area contributed by atoms with E-state index in [4.69, 9.17) is 16.6 Å². The van der Waals surface area contributed by atoms with Crippen LogP contribution in [0.4, 0.5) is 0 Å². The number of hydrogen-bond donors (Lipinski definition) is 8. The number of aliphatic hydroxyl groups is 1. The maximum atomic E-state index is 12.5. The highest BCUT2D eigenvalue weighted by Crippen LogP contribution is 2.02. The quantitative estimate of drug-likeness (QED) is 0.161. The molecule has 30 heavy (non-hydrogen) atoms. The predicted molar refractivity (Wildman–Crippen MR) is 100 cm³/mol. The first kappa shape index (κ1) is 24.5. The average molecular weight is 427 g/mol. The molecule has 0 fully saturated rings. The maximum absolute atomic E-state index is 12.5. The molecule has 14 nitrogen and oxygen atoms in total. The number of amides is 4. The second-order valence-corrected chi connectivity index (χ2v) is 6.43. The van der Waals surface area contributed by atoms with Crippen molar-refractivity contribution in [1.29, 1.82) is 0 Å². The minimum atomic E-state index is -1.48. The second kappa shape index (κ2) is 11.5. The van der Waals surface area contributed by atoms with Gasteiger partial charge in [-0.05, 0) is 6.92 Å². The van der Waals surface area contributed by atoms with Crippen LogP contribution in [0.5, 0.6) is 0 Å². The van der Waals surface area contributed by atoms with Gasteiger partial charge in [0, 0.05) is 18.3 Å². The van der Waals surface area contributed by atoms with E-state index in [0.717, 1.165) is 0 Å². The summed E-state index contributed by atoms with van der Waals surface area (Å²) >= 11 is 0. The number of imidazole rings is 1. The number of carboxylic acid groups (broad SMARTS) is 1. The summed E-state index contributed by atoms with van der Waals surface area (Å²) in [7, 11) is 0. The Balaban J connectivity index is 2.82. The van der Waals surface area contributed by atoms with Gasteiger partial charge in [-0.3, -0.25) is 19.2 Å². The smallest absolute Gasteiger partial charge is 0.326 e. The van der Waals surface area contributed by atoms with Crippen LogP contribution in [0.3, 0.4) is 0 Å². The first-order valence-corrected chi connectivity index (χ1v) is 8.81. The summed E-state index contributed by atoms with van der Waals surface area (Å²) in [6.07, 6.45) is 1.99. The molecule has 14 heteroatoms. The van der Waals surface area contributed by atoms with E-state index in [2.05, 4.69) is 25.9 Å². The molecule has 0 saturated carbocycles. The van der Waals surface area contributed by atoms with Gasteiger partial charge < -0.3 is 42.6 Å². The molecule has 1 rings (SSSR count). The lowest BCUT2D eigenvalue weighted by atomic mass is 10.1. The zero-order valence-electron chi connectivity index (χ0n) is 16.1. The molecule has 1 aromatic heterocycles. The van der Waals surface area contributed by atoms with Crippen molar-refractivity contribution in [3.63, 3.8) is 0 Å². The molecule has 4 atom stereocenters. The van der Waals surface area contributed by atoms with Crippen molar-refractivity contribution < 1.29 is 34.2 Å². The lowest BCUT2D eigenvalue weighted by molar-refractivity contribution is -0.142. The number of nitrogens with zero attached hydrogens (tertiary/aromatic N) is 1. The monoisotopic (exact) mass is 427 g/mol. The maximum Gasteiger partial charge on any atom is 0.326 e. The van der Waals surface area contributed by atoms with Crippen molar-refractivity contribution in [2.45, 2.75) is 43.9 Å². The minimum absolute atomic E-state index is 0.121. The number of H-pyrrole nitrogens is 1. The molecule has 0 radical (unpaired) electrons. The number of carbonyl (C=O) groups is 5. The number of aromatic nitrogens is 2. The van der Waals surface area contributed by atoms with Crippen molar-refractivity contribution in [2.75, 3.05) is 6.61 Å². The molecule has 0 saturated heterocycles. The van der Waals surface area contributed by atoms with E-state index in [0.29, 0.717) is 5.69 Å². The summed E-state index contributed by atoms with van der Waals surface area (Å²) in [4.78, 5) is 65.6. The lowest BCUT2D eigenvalue weighted by Gasteiger charge is -2.22. The van der Waals surface area contributed by atoms with Crippen molar-refractivity contribution >= 4 is 29.6 Å². The number of carbonyl (C=O) groups excluding carboxylic acids is 4. The Bertz CT molecular complexity index is 768. The summed E-state index contributed by atoms with van der Waals surface area (Å²) in [6.45, 7) is 0.647. The molecule has 4 amide bonds. The van der Waals surface area contributed by atoms with Crippen LogP contribution in [-0.2, 0) is 30.4 Å². The van der Waals surface area contributed by atoms with Gasteiger partial charge in [-0.1, -0.05) is 0 Å². The van der Waals surface area contributed by atoms with Gasteiger partial charge in [-0.2, -0.15) is 0 Å². The third kappa shape index (κ3) is 7.84. The zero-order valence-corrected chi connectivity index (χ0v) is 16.1. The number of carboxylic acids is 1. The minimum Gasteiger partial charge on any atom is -0.480 e.